The van der Waals surface area contributed by atoms with E-state index in [1.807, 2.05) is 0 Å². The molecule has 0 saturated heterocycles. The Morgan fingerprint density at radius 3 is 2.15 bits per heavy atom. The Hall–Kier alpha value is -2.75. The summed E-state index contributed by atoms with van der Waals surface area (Å²) in [6.07, 6.45) is -4.12. The molecule has 27 heavy (non-hydrogen) atoms. The third kappa shape index (κ3) is 3.70. The van der Waals surface area contributed by atoms with Crippen molar-refractivity contribution in [3.8, 4) is 16.9 Å². The van der Waals surface area contributed by atoms with Crippen LogP contribution in [0, 0.1) is 11.6 Å². The molecule has 0 spiro atoms. The summed E-state index contributed by atoms with van der Waals surface area (Å²) in [5, 5.41) is 3.36. The lowest BCUT2D eigenvalue weighted by molar-refractivity contribution is -0.141. The highest BCUT2D eigenvalue weighted by atomic mass is 32.2. The number of rotatable bonds is 3. The topological polar surface area (TPSA) is 52.0 Å². The quantitative estimate of drug-likeness (QED) is 0.616. The number of aromatic nitrogens is 2. The second-order valence-corrected chi connectivity index (χ2v) is 7.68. The molecule has 0 aliphatic carbocycles. The molecule has 4 nitrogen and oxygen atoms in total. The van der Waals surface area contributed by atoms with Gasteiger partial charge in [0.2, 0.25) is 0 Å². The number of benzene rings is 2. The van der Waals surface area contributed by atoms with E-state index in [-0.39, 0.29) is 11.3 Å². The first kappa shape index (κ1) is 19.0. The molecule has 2 aromatic carbocycles. The molecule has 1 heterocycles. The van der Waals surface area contributed by atoms with Crippen LogP contribution in [0.4, 0.5) is 22.0 Å². The van der Waals surface area contributed by atoms with Gasteiger partial charge in [0.25, 0.3) is 0 Å². The maximum atomic E-state index is 14.5. The standard InChI is InChI=1S/C17H11F5N2O2S/c1-27(25,26)15-8-11(18)14(7-12(15)19)24-13(10-5-3-2-4-6-10)9-16(23-24)17(20,21)22/h2-9H,1H3. The van der Waals surface area contributed by atoms with Crippen molar-refractivity contribution in [3.05, 3.63) is 65.9 Å². The van der Waals surface area contributed by atoms with E-state index in [2.05, 4.69) is 5.10 Å². The molecule has 0 saturated carbocycles. The number of hydrogen-bond acceptors (Lipinski definition) is 3. The summed E-state index contributed by atoms with van der Waals surface area (Å²) in [6.45, 7) is 0. The monoisotopic (exact) mass is 402 g/mol. The lowest BCUT2D eigenvalue weighted by Gasteiger charge is -2.11. The largest absolute Gasteiger partial charge is 0.435 e. The molecule has 1 aromatic heterocycles. The molecule has 142 valence electrons. The smallest absolute Gasteiger partial charge is 0.229 e. The van der Waals surface area contributed by atoms with Crippen molar-refractivity contribution in [2.24, 2.45) is 0 Å². The van der Waals surface area contributed by atoms with Crippen molar-refractivity contribution in [2.75, 3.05) is 6.26 Å². The number of hydrogen-bond donors (Lipinski definition) is 0. The van der Waals surface area contributed by atoms with Crippen LogP contribution in [-0.4, -0.2) is 24.5 Å². The molecule has 0 atom stereocenters. The maximum Gasteiger partial charge on any atom is 0.435 e. The van der Waals surface area contributed by atoms with Gasteiger partial charge in [-0.1, -0.05) is 30.3 Å². The number of nitrogens with zero attached hydrogens (tertiary/aromatic N) is 2. The first-order valence-corrected chi connectivity index (χ1v) is 9.30. The van der Waals surface area contributed by atoms with Crippen LogP contribution in [0.1, 0.15) is 5.69 Å². The van der Waals surface area contributed by atoms with Gasteiger partial charge in [0.1, 0.15) is 22.2 Å². The fourth-order valence-electron chi connectivity index (χ4n) is 2.48. The number of alkyl halides is 3. The third-order valence-corrected chi connectivity index (χ3v) is 4.81. The zero-order valence-corrected chi connectivity index (χ0v) is 14.4. The van der Waals surface area contributed by atoms with Crippen LogP contribution in [0.15, 0.2) is 53.4 Å². The van der Waals surface area contributed by atoms with Gasteiger partial charge in [0.15, 0.2) is 15.5 Å². The zero-order chi connectivity index (χ0) is 20.0. The fourth-order valence-corrected chi connectivity index (χ4v) is 3.21. The minimum absolute atomic E-state index is 0.131. The van der Waals surface area contributed by atoms with Crippen LogP contribution in [0.2, 0.25) is 0 Å². The minimum Gasteiger partial charge on any atom is -0.229 e. The van der Waals surface area contributed by atoms with Gasteiger partial charge in [0, 0.05) is 17.9 Å². The molecule has 3 aromatic rings. The van der Waals surface area contributed by atoms with E-state index < -0.39 is 43.9 Å². The Morgan fingerprint density at radius 1 is 0.963 bits per heavy atom. The van der Waals surface area contributed by atoms with Crippen LogP contribution in [0.5, 0.6) is 0 Å². The Balaban J connectivity index is 2.29. The normalized spacial score (nSPS) is 12.4. The molecular weight excluding hydrogens is 391 g/mol. The van der Waals surface area contributed by atoms with Gasteiger partial charge in [-0.25, -0.2) is 21.9 Å². The number of sulfone groups is 1. The van der Waals surface area contributed by atoms with Crippen LogP contribution in [-0.2, 0) is 16.0 Å². The molecule has 0 aliphatic heterocycles. The van der Waals surface area contributed by atoms with Gasteiger partial charge in [0.05, 0.1) is 5.69 Å². The van der Waals surface area contributed by atoms with E-state index in [9.17, 15) is 30.4 Å². The fraction of sp³-hybridized carbons (Fsp3) is 0.118. The average molecular weight is 402 g/mol. The summed E-state index contributed by atoms with van der Waals surface area (Å²) < 4.78 is 91.5. The van der Waals surface area contributed by atoms with Gasteiger partial charge < -0.3 is 0 Å². The van der Waals surface area contributed by atoms with Crippen LogP contribution < -0.4 is 0 Å². The third-order valence-electron chi connectivity index (χ3n) is 3.70. The van der Waals surface area contributed by atoms with Gasteiger partial charge >= 0.3 is 6.18 Å². The van der Waals surface area contributed by atoms with Gasteiger partial charge in [-0.05, 0) is 12.1 Å². The van der Waals surface area contributed by atoms with Crippen molar-refractivity contribution < 1.29 is 30.4 Å². The summed E-state index contributed by atoms with van der Waals surface area (Å²) in [7, 11) is -4.06. The van der Waals surface area contributed by atoms with Crippen LogP contribution in [0.25, 0.3) is 16.9 Å². The van der Waals surface area contributed by atoms with Gasteiger partial charge in [-0.15, -0.1) is 0 Å². The van der Waals surface area contributed by atoms with E-state index in [4.69, 9.17) is 0 Å². The Labute approximate surface area is 150 Å². The van der Waals surface area contributed by atoms with Gasteiger partial charge in [-0.2, -0.15) is 18.3 Å². The van der Waals surface area contributed by atoms with Crippen molar-refractivity contribution in [1.29, 1.82) is 0 Å². The van der Waals surface area contributed by atoms with Crippen molar-refractivity contribution in [2.45, 2.75) is 11.1 Å². The highest BCUT2D eigenvalue weighted by Crippen LogP contribution is 2.34. The second kappa shape index (κ2) is 6.45. The minimum atomic E-state index is -4.81. The first-order chi connectivity index (χ1) is 12.5. The second-order valence-electron chi connectivity index (χ2n) is 5.70. The highest BCUT2D eigenvalue weighted by Gasteiger charge is 2.35. The van der Waals surface area contributed by atoms with E-state index >= 15 is 0 Å². The Morgan fingerprint density at radius 2 is 1.59 bits per heavy atom. The molecule has 0 unspecified atom stereocenters. The Bertz CT molecular complexity index is 1110. The summed E-state index contributed by atoms with van der Waals surface area (Å²) in [5.74, 6) is -2.53. The van der Waals surface area contributed by atoms with E-state index in [1.165, 1.54) is 12.1 Å². The molecule has 0 radical (unpaired) electrons. The maximum absolute atomic E-state index is 14.5. The van der Waals surface area contributed by atoms with E-state index in [0.717, 1.165) is 0 Å². The molecule has 0 N–H and O–H groups in total. The molecule has 0 fully saturated rings. The summed E-state index contributed by atoms with van der Waals surface area (Å²) in [5.41, 5.74) is -1.79. The lowest BCUT2D eigenvalue weighted by Crippen LogP contribution is -2.10. The molecule has 0 aliphatic rings. The predicted molar refractivity (Wildman–Crippen MR) is 87.0 cm³/mol. The zero-order valence-electron chi connectivity index (χ0n) is 13.6. The predicted octanol–water partition coefficient (Wildman–Crippen LogP) is 4.24. The van der Waals surface area contributed by atoms with Crippen LogP contribution >= 0.6 is 0 Å². The van der Waals surface area contributed by atoms with Crippen molar-refractivity contribution in [3.63, 3.8) is 0 Å². The summed E-state index contributed by atoms with van der Waals surface area (Å²) in [6, 6.07) is 9.34. The van der Waals surface area contributed by atoms with Crippen LogP contribution in [0.3, 0.4) is 0 Å². The molecular formula is C17H11F5N2O2S. The van der Waals surface area contributed by atoms with Gasteiger partial charge in [-0.3, -0.25) is 0 Å². The van der Waals surface area contributed by atoms with E-state index in [1.54, 1.807) is 18.2 Å². The summed E-state index contributed by atoms with van der Waals surface area (Å²) >= 11 is 0. The summed E-state index contributed by atoms with van der Waals surface area (Å²) in [4.78, 5) is -0.895. The molecule has 3 rings (SSSR count). The molecule has 10 heteroatoms. The lowest BCUT2D eigenvalue weighted by atomic mass is 10.1. The van der Waals surface area contributed by atoms with E-state index in [0.29, 0.717) is 29.1 Å². The first-order valence-electron chi connectivity index (χ1n) is 7.40. The average Bonchev–Trinajstić information content (AvgIpc) is 3.02. The molecule has 0 bridgehead atoms. The Kier molecular flexibility index (Phi) is 4.54. The van der Waals surface area contributed by atoms with Crippen molar-refractivity contribution in [1.82, 2.24) is 9.78 Å². The highest BCUT2D eigenvalue weighted by molar-refractivity contribution is 7.90. The van der Waals surface area contributed by atoms with Crippen molar-refractivity contribution >= 4 is 9.84 Å². The number of halogens is 5. The molecule has 0 amide bonds. The SMILES string of the molecule is CS(=O)(=O)c1cc(F)c(-n2nc(C(F)(F)F)cc2-c2ccccc2)cc1F.